The van der Waals surface area contributed by atoms with E-state index >= 15 is 0 Å². The minimum absolute atomic E-state index is 0.669. The number of nitrogens with one attached hydrogen (secondary N) is 1. The highest BCUT2D eigenvalue weighted by molar-refractivity contribution is 6.32. The summed E-state index contributed by atoms with van der Waals surface area (Å²) in [5.74, 6) is 0. The second-order valence-corrected chi connectivity index (χ2v) is 4.06. The van der Waals surface area contributed by atoms with Gasteiger partial charge in [0.25, 0.3) is 0 Å². The number of methoxy groups -OCH3 is 1. The van der Waals surface area contributed by atoms with Gasteiger partial charge in [-0.3, -0.25) is 4.79 Å². The molecule has 0 aromatic heterocycles. The summed E-state index contributed by atoms with van der Waals surface area (Å²) in [5.41, 5.74) is 3.31. The van der Waals surface area contributed by atoms with Gasteiger partial charge in [-0.25, -0.2) is 0 Å². The molecule has 0 heterocycles. The topological polar surface area (TPSA) is 38.3 Å². The van der Waals surface area contributed by atoms with E-state index in [4.69, 9.17) is 7.85 Å². The van der Waals surface area contributed by atoms with Crippen LogP contribution in [0.25, 0.3) is 0 Å². The maximum absolute atomic E-state index is 10.5. The molecule has 4 heteroatoms. The Morgan fingerprint density at radius 3 is 1.90 bits per heavy atom. The lowest BCUT2D eigenvalue weighted by Crippen LogP contribution is -2.00. The van der Waals surface area contributed by atoms with Gasteiger partial charge < -0.3 is 10.1 Å². The summed E-state index contributed by atoms with van der Waals surface area (Å²) < 4.78 is 4.54. The van der Waals surface area contributed by atoms with Crippen LogP contribution in [-0.4, -0.2) is 27.8 Å². The van der Waals surface area contributed by atoms with Gasteiger partial charge in [-0.1, -0.05) is 17.6 Å². The molecule has 0 atom stereocenters. The highest BCUT2D eigenvalue weighted by atomic mass is 16.5. The quantitative estimate of drug-likeness (QED) is 0.683. The molecule has 2 radical (unpaired) electrons. The molecule has 0 aliphatic carbocycles. The van der Waals surface area contributed by atoms with Gasteiger partial charge in [0.05, 0.1) is 0 Å². The van der Waals surface area contributed by atoms with E-state index in [2.05, 4.69) is 10.1 Å². The number of carbonyl (C=O) groups is 1. The average Bonchev–Trinajstić information content (AvgIpc) is 2.50. The van der Waals surface area contributed by atoms with E-state index in [1.54, 1.807) is 19.2 Å². The first-order valence-electron chi connectivity index (χ1n) is 6.36. The van der Waals surface area contributed by atoms with Gasteiger partial charge in [-0.15, -0.1) is 0 Å². The predicted octanol–water partition coefficient (Wildman–Crippen LogP) is 2.69. The first-order chi connectivity index (χ1) is 9.69. The predicted molar refractivity (Wildman–Crippen MR) is 84.5 cm³/mol. The van der Waals surface area contributed by atoms with Crippen molar-refractivity contribution in [3.8, 4) is 0 Å². The number of benzene rings is 2. The van der Waals surface area contributed by atoms with E-state index < -0.39 is 0 Å². The fourth-order valence-corrected chi connectivity index (χ4v) is 1.38. The third kappa shape index (κ3) is 5.72. The smallest absolute Gasteiger partial charge is 0.150 e. The minimum atomic E-state index is 0.669. The Kier molecular flexibility index (Phi) is 7.15. The number of aldehydes is 1. The van der Waals surface area contributed by atoms with Gasteiger partial charge in [0.15, 0.2) is 0 Å². The van der Waals surface area contributed by atoms with Crippen LogP contribution in [0.3, 0.4) is 0 Å². The first kappa shape index (κ1) is 16.0. The zero-order valence-corrected chi connectivity index (χ0v) is 11.8. The fraction of sp³-hybridized carbons (Fsp3) is 0.188. The average molecular weight is 267 g/mol. The third-order valence-corrected chi connectivity index (χ3v) is 2.53. The molecule has 0 bridgehead atoms. The number of hydrogen-bond donors (Lipinski definition) is 1. The van der Waals surface area contributed by atoms with Crippen molar-refractivity contribution < 1.29 is 9.53 Å². The van der Waals surface area contributed by atoms with E-state index in [9.17, 15) is 4.79 Å². The summed E-state index contributed by atoms with van der Waals surface area (Å²) in [7, 11) is 7.27. The molecule has 102 valence electrons. The molecule has 20 heavy (non-hydrogen) atoms. The van der Waals surface area contributed by atoms with Crippen molar-refractivity contribution in [2.45, 2.75) is 6.92 Å². The molecule has 0 saturated carbocycles. The minimum Gasteiger partial charge on any atom is -0.385 e. The van der Waals surface area contributed by atoms with Crippen LogP contribution in [-0.2, 0) is 4.74 Å². The summed E-state index contributed by atoms with van der Waals surface area (Å²) in [4.78, 5) is 10.5. The maximum Gasteiger partial charge on any atom is 0.150 e. The summed E-state index contributed by atoms with van der Waals surface area (Å²) in [6.45, 7) is 2.78. The van der Waals surface area contributed by atoms with Gasteiger partial charge in [-0.05, 0) is 43.3 Å². The van der Waals surface area contributed by atoms with E-state index in [0.29, 0.717) is 5.56 Å². The van der Waals surface area contributed by atoms with Crippen LogP contribution >= 0.6 is 0 Å². The molecule has 3 nitrogen and oxygen atoms in total. The molecule has 2 rings (SSSR count). The van der Waals surface area contributed by atoms with Crippen LogP contribution in [0.15, 0.2) is 48.5 Å². The van der Waals surface area contributed by atoms with Gasteiger partial charge in [0.2, 0.25) is 0 Å². The zero-order valence-electron chi connectivity index (χ0n) is 11.8. The molecule has 0 saturated heterocycles. The fourth-order valence-electron chi connectivity index (χ4n) is 1.38. The number of carbonyl (C=O) groups excluding carboxylic acids is 1. The molecular formula is C16H18BNO2. The highest BCUT2D eigenvalue weighted by Gasteiger charge is 1.94. The second-order valence-electron chi connectivity index (χ2n) is 4.06. The van der Waals surface area contributed by atoms with Crippen molar-refractivity contribution in [2.24, 2.45) is 0 Å². The summed E-state index contributed by atoms with van der Waals surface area (Å²) in [6.07, 6.45) is 0.826. The molecule has 2 aromatic rings. The van der Waals surface area contributed by atoms with Crippen LogP contribution < -0.4 is 10.8 Å². The zero-order chi connectivity index (χ0) is 14.8. The van der Waals surface area contributed by atoms with E-state index in [1.165, 1.54) is 0 Å². The molecule has 0 aliphatic rings. The Morgan fingerprint density at radius 1 is 1.05 bits per heavy atom. The lowest BCUT2D eigenvalue weighted by molar-refractivity contribution is 0.112. The second kappa shape index (κ2) is 8.94. The lowest BCUT2D eigenvalue weighted by Gasteiger charge is -2.06. The SMILES string of the molecule is CCOC.[B]c1ccc(Nc2ccc(C=O)cc2)cc1. The molecule has 0 unspecified atom stereocenters. The van der Waals surface area contributed by atoms with Gasteiger partial charge >= 0.3 is 0 Å². The monoisotopic (exact) mass is 267 g/mol. The number of ether oxygens (including phenoxy) is 1. The molecule has 1 N–H and O–H groups in total. The van der Waals surface area contributed by atoms with E-state index in [1.807, 2.05) is 43.3 Å². The lowest BCUT2D eigenvalue weighted by atomic mass is 9.96. The van der Waals surface area contributed by atoms with Crippen LogP contribution in [0.4, 0.5) is 11.4 Å². The van der Waals surface area contributed by atoms with Crippen LogP contribution in [0.1, 0.15) is 17.3 Å². The highest BCUT2D eigenvalue weighted by Crippen LogP contribution is 2.15. The van der Waals surface area contributed by atoms with Gasteiger partial charge in [0, 0.05) is 30.7 Å². The number of anilines is 2. The summed E-state index contributed by atoms with van der Waals surface area (Å²) in [5, 5.41) is 3.21. The Labute approximate surface area is 121 Å². The Balaban J connectivity index is 0.000000444. The maximum atomic E-state index is 10.5. The van der Waals surface area contributed by atoms with Crippen molar-refractivity contribution in [1.29, 1.82) is 0 Å². The van der Waals surface area contributed by atoms with E-state index in [0.717, 1.165) is 29.7 Å². The van der Waals surface area contributed by atoms with Crippen molar-refractivity contribution in [3.63, 3.8) is 0 Å². The first-order valence-corrected chi connectivity index (χ1v) is 6.36. The summed E-state index contributed by atoms with van der Waals surface area (Å²) >= 11 is 0. The van der Waals surface area contributed by atoms with Crippen LogP contribution in [0, 0.1) is 0 Å². The Morgan fingerprint density at radius 2 is 1.50 bits per heavy atom. The molecule has 0 aliphatic heterocycles. The van der Waals surface area contributed by atoms with Crippen LogP contribution in [0.2, 0.25) is 0 Å². The van der Waals surface area contributed by atoms with E-state index in [-0.39, 0.29) is 0 Å². The van der Waals surface area contributed by atoms with Gasteiger partial charge in [0.1, 0.15) is 14.1 Å². The Hall–Kier alpha value is -2.07. The van der Waals surface area contributed by atoms with Gasteiger partial charge in [-0.2, -0.15) is 0 Å². The molecule has 0 fully saturated rings. The van der Waals surface area contributed by atoms with Crippen molar-refractivity contribution in [3.05, 3.63) is 54.1 Å². The van der Waals surface area contributed by atoms with Crippen LogP contribution in [0.5, 0.6) is 0 Å². The van der Waals surface area contributed by atoms with Crippen molar-refractivity contribution >= 4 is 31.0 Å². The van der Waals surface area contributed by atoms with Crippen molar-refractivity contribution in [2.75, 3.05) is 19.0 Å². The standard InChI is InChI=1S/C13H10BNO.C3H8O/c14-11-3-7-13(8-4-11)15-12-5-1-10(9-16)2-6-12;1-3-4-2/h1-9,15H;3H2,1-2H3. The molecular weight excluding hydrogens is 249 g/mol. The normalized spacial score (nSPS) is 9.30. The Bertz CT molecular complexity index is 507. The third-order valence-electron chi connectivity index (χ3n) is 2.53. The molecule has 0 amide bonds. The molecule has 2 aromatic carbocycles. The number of hydrogen-bond acceptors (Lipinski definition) is 3. The van der Waals surface area contributed by atoms with Crippen molar-refractivity contribution in [1.82, 2.24) is 0 Å². The summed E-state index contributed by atoms with van der Waals surface area (Å²) in [6, 6.07) is 14.7. The molecule has 0 spiro atoms. The number of rotatable bonds is 4. The largest absolute Gasteiger partial charge is 0.385 e.